The van der Waals surface area contributed by atoms with Crippen LogP contribution in [0.2, 0.25) is 0 Å². The van der Waals surface area contributed by atoms with Crippen LogP contribution in [-0.4, -0.2) is 19.8 Å². The summed E-state index contributed by atoms with van der Waals surface area (Å²) in [5, 5.41) is 19.7. The lowest BCUT2D eigenvalue weighted by atomic mass is 10.1. The first-order chi connectivity index (χ1) is 10.6. The molecule has 6 heteroatoms. The van der Waals surface area contributed by atoms with Crippen molar-refractivity contribution in [3.05, 3.63) is 65.5 Å². The smallest absolute Gasteiger partial charge is 0.135 e. The van der Waals surface area contributed by atoms with E-state index in [4.69, 9.17) is 0 Å². The van der Waals surface area contributed by atoms with Gasteiger partial charge in [-0.3, -0.25) is 0 Å². The molecular weight excluding hydrogens is 290 g/mol. The molecule has 0 spiro atoms. The third-order valence-electron chi connectivity index (χ3n) is 3.55. The molecule has 0 radical (unpaired) electrons. The summed E-state index contributed by atoms with van der Waals surface area (Å²) in [4.78, 5) is 4.26. The highest BCUT2D eigenvalue weighted by molar-refractivity contribution is 5.75. The van der Waals surface area contributed by atoms with Crippen molar-refractivity contribution in [1.82, 2.24) is 9.55 Å². The zero-order valence-electron chi connectivity index (χ0n) is 11.6. The summed E-state index contributed by atoms with van der Waals surface area (Å²) >= 11 is 0. The standard InChI is InChI=1S/C16H14F2N2O2/c17-10-5-6-11(12(18)7-10)15(22)8-20-14-4-2-1-3-13(14)19-16(20)9-21/h1-7,15,21-22H,8-9H2/t15-/m1/s1. The van der Waals surface area contributed by atoms with Crippen molar-refractivity contribution in [2.45, 2.75) is 19.3 Å². The van der Waals surface area contributed by atoms with E-state index < -0.39 is 17.7 Å². The number of aliphatic hydroxyl groups excluding tert-OH is 2. The Morgan fingerprint density at radius 2 is 1.91 bits per heavy atom. The summed E-state index contributed by atoms with van der Waals surface area (Å²) in [5.41, 5.74) is 1.41. The Hall–Kier alpha value is -2.31. The minimum atomic E-state index is -1.18. The normalized spacial score (nSPS) is 12.7. The van der Waals surface area contributed by atoms with Gasteiger partial charge in [-0.15, -0.1) is 0 Å². The minimum absolute atomic E-state index is 0.00284. The number of para-hydroxylation sites is 2. The number of benzene rings is 2. The van der Waals surface area contributed by atoms with Crippen LogP contribution in [-0.2, 0) is 13.2 Å². The second kappa shape index (κ2) is 5.82. The molecule has 0 aliphatic rings. The first-order valence-corrected chi connectivity index (χ1v) is 6.78. The van der Waals surface area contributed by atoms with Crippen molar-refractivity contribution < 1.29 is 19.0 Å². The molecular formula is C16H14F2N2O2. The van der Waals surface area contributed by atoms with Crippen molar-refractivity contribution in [1.29, 1.82) is 0 Å². The molecule has 2 aromatic carbocycles. The second-order valence-electron chi connectivity index (χ2n) is 4.97. The summed E-state index contributed by atoms with van der Waals surface area (Å²) in [6.45, 7) is -0.285. The van der Waals surface area contributed by atoms with Gasteiger partial charge in [-0.05, 0) is 18.2 Å². The molecule has 114 valence electrons. The van der Waals surface area contributed by atoms with Gasteiger partial charge in [0.15, 0.2) is 0 Å². The predicted molar refractivity (Wildman–Crippen MR) is 77.0 cm³/mol. The highest BCUT2D eigenvalue weighted by atomic mass is 19.1. The van der Waals surface area contributed by atoms with Gasteiger partial charge in [0.2, 0.25) is 0 Å². The van der Waals surface area contributed by atoms with Crippen molar-refractivity contribution in [3.63, 3.8) is 0 Å². The van der Waals surface area contributed by atoms with E-state index in [0.717, 1.165) is 17.6 Å². The van der Waals surface area contributed by atoms with Gasteiger partial charge in [-0.2, -0.15) is 0 Å². The molecule has 1 atom stereocenters. The molecule has 0 aliphatic heterocycles. The summed E-state index contributed by atoms with van der Waals surface area (Å²) in [5.74, 6) is -1.12. The first-order valence-electron chi connectivity index (χ1n) is 6.78. The van der Waals surface area contributed by atoms with E-state index in [1.807, 2.05) is 12.1 Å². The predicted octanol–water partition coefficient (Wildman–Crippen LogP) is 2.54. The Balaban J connectivity index is 1.98. The second-order valence-corrected chi connectivity index (χ2v) is 4.97. The Labute approximate surface area is 125 Å². The number of halogens is 2. The van der Waals surface area contributed by atoms with Gasteiger partial charge in [0.25, 0.3) is 0 Å². The fourth-order valence-corrected chi connectivity index (χ4v) is 2.49. The van der Waals surface area contributed by atoms with Crippen molar-refractivity contribution in [2.24, 2.45) is 0 Å². The highest BCUT2D eigenvalue weighted by Gasteiger charge is 2.18. The molecule has 0 aliphatic carbocycles. The zero-order chi connectivity index (χ0) is 15.7. The van der Waals surface area contributed by atoms with Crippen LogP contribution in [0.15, 0.2) is 42.5 Å². The molecule has 0 fully saturated rings. The Morgan fingerprint density at radius 1 is 1.14 bits per heavy atom. The van der Waals surface area contributed by atoms with Crippen molar-refractivity contribution >= 4 is 11.0 Å². The molecule has 3 aromatic rings. The molecule has 22 heavy (non-hydrogen) atoms. The first kappa shape index (κ1) is 14.6. The Kier molecular flexibility index (Phi) is 3.87. The van der Waals surface area contributed by atoms with Crippen LogP contribution in [0.3, 0.4) is 0 Å². The fraction of sp³-hybridized carbons (Fsp3) is 0.188. The van der Waals surface area contributed by atoms with Crippen LogP contribution in [0, 0.1) is 11.6 Å². The molecule has 0 saturated carbocycles. The summed E-state index contributed by atoms with van der Waals surface area (Å²) in [6.07, 6.45) is -1.18. The summed E-state index contributed by atoms with van der Waals surface area (Å²) in [7, 11) is 0. The molecule has 0 amide bonds. The molecule has 0 bridgehead atoms. The van der Waals surface area contributed by atoms with E-state index in [-0.39, 0.29) is 18.7 Å². The molecule has 0 saturated heterocycles. The van der Waals surface area contributed by atoms with Crippen LogP contribution in [0.4, 0.5) is 8.78 Å². The monoisotopic (exact) mass is 304 g/mol. The van der Waals surface area contributed by atoms with Crippen LogP contribution >= 0.6 is 0 Å². The number of nitrogens with zero attached hydrogens (tertiary/aromatic N) is 2. The Bertz CT molecular complexity index is 817. The lowest BCUT2D eigenvalue weighted by Gasteiger charge is -2.15. The quantitative estimate of drug-likeness (QED) is 0.779. The topological polar surface area (TPSA) is 58.3 Å². The van der Waals surface area contributed by atoms with E-state index >= 15 is 0 Å². The number of hydrogen-bond acceptors (Lipinski definition) is 3. The maximum atomic E-state index is 13.8. The maximum absolute atomic E-state index is 13.8. The molecule has 4 nitrogen and oxygen atoms in total. The molecule has 3 rings (SSSR count). The summed E-state index contributed by atoms with van der Waals surface area (Å²) < 4.78 is 28.3. The van der Waals surface area contributed by atoms with Gasteiger partial charge in [0.05, 0.1) is 23.7 Å². The number of hydrogen-bond donors (Lipinski definition) is 2. The fourth-order valence-electron chi connectivity index (χ4n) is 2.49. The van der Waals surface area contributed by atoms with Crippen molar-refractivity contribution in [3.8, 4) is 0 Å². The highest BCUT2D eigenvalue weighted by Crippen LogP contribution is 2.23. The van der Waals surface area contributed by atoms with Crippen LogP contribution < -0.4 is 0 Å². The third-order valence-corrected chi connectivity index (χ3v) is 3.55. The van der Waals surface area contributed by atoms with E-state index in [0.29, 0.717) is 11.3 Å². The SMILES string of the molecule is OCc1nc2ccccc2n1C[C@@H](O)c1ccc(F)cc1F. The van der Waals surface area contributed by atoms with E-state index in [1.54, 1.807) is 16.7 Å². The maximum Gasteiger partial charge on any atom is 0.135 e. The number of aromatic nitrogens is 2. The summed E-state index contributed by atoms with van der Waals surface area (Å²) in [6, 6.07) is 10.3. The van der Waals surface area contributed by atoms with Gasteiger partial charge in [-0.25, -0.2) is 13.8 Å². The number of aliphatic hydroxyl groups is 2. The lowest BCUT2D eigenvalue weighted by Crippen LogP contribution is -2.13. The molecule has 1 heterocycles. The number of rotatable bonds is 4. The van der Waals surface area contributed by atoms with Gasteiger partial charge in [-0.1, -0.05) is 18.2 Å². The van der Waals surface area contributed by atoms with Gasteiger partial charge in [0.1, 0.15) is 24.1 Å². The van der Waals surface area contributed by atoms with E-state index in [1.165, 1.54) is 6.07 Å². The molecule has 0 unspecified atom stereocenters. The number of imidazole rings is 1. The lowest BCUT2D eigenvalue weighted by molar-refractivity contribution is 0.149. The largest absolute Gasteiger partial charge is 0.388 e. The van der Waals surface area contributed by atoms with Gasteiger partial charge in [0, 0.05) is 11.6 Å². The van der Waals surface area contributed by atoms with Crippen molar-refractivity contribution in [2.75, 3.05) is 0 Å². The average molecular weight is 304 g/mol. The van der Waals surface area contributed by atoms with E-state index in [2.05, 4.69) is 4.98 Å². The Morgan fingerprint density at radius 3 is 2.64 bits per heavy atom. The third kappa shape index (κ3) is 2.58. The van der Waals surface area contributed by atoms with E-state index in [9.17, 15) is 19.0 Å². The van der Waals surface area contributed by atoms with Crippen LogP contribution in [0.5, 0.6) is 0 Å². The number of fused-ring (bicyclic) bond motifs is 1. The van der Waals surface area contributed by atoms with Crippen LogP contribution in [0.25, 0.3) is 11.0 Å². The van der Waals surface area contributed by atoms with Gasteiger partial charge >= 0.3 is 0 Å². The molecule has 2 N–H and O–H groups in total. The molecule has 1 aromatic heterocycles. The average Bonchev–Trinajstić information content (AvgIpc) is 2.85. The van der Waals surface area contributed by atoms with Gasteiger partial charge < -0.3 is 14.8 Å². The zero-order valence-corrected chi connectivity index (χ0v) is 11.6. The van der Waals surface area contributed by atoms with Crippen LogP contribution in [0.1, 0.15) is 17.5 Å². The minimum Gasteiger partial charge on any atom is -0.388 e.